The predicted octanol–water partition coefficient (Wildman–Crippen LogP) is 5.35. The summed E-state index contributed by atoms with van der Waals surface area (Å²) >= 11 is 3.48. The van der Waals surface area contributed by atoms with E-state index in [4.69, 9.17) is 19.6 Å². The zero-order valence-corrected chi connectivity index (χ0v) is 21.2. The number of aliphatic hydroxyl groups excluding tert-OH is 1. The van der Waals surface area contributed by atoms with Gasteiger partial charge in [0, 0.05) is 36.0 Å². The Morgan fingerprint density at radius 2 is 1.94 bits per heavy atom. The molecule has 0 aromatic heterocycles. The van der Waals surface area contributed by atoms with Crippen LogP contribution in [0.1, 0.15) is 56.3 Å². The molecule has 0 radical (unpaired) electrons. The molecule has 0 bridgehead atoms. The van der Waals surface area contributed by atoms with Gasteiger partial charge in [-0.15, -0.1) is 6.58 Å². The molecule has 182 valence electrons. The topological polar surface area (TPSA) is 80.2 Å². The fraction of sp³-hybridized carbons (Fsp3) is 0.407. The van der Waals surface area contributed by atoms with Crippen LogP contribution >= 0.6 is 15.9 Å². The highest BCUT2D eigenvalue weighted by Gasteiger charge is 2.52. The van der Waals surface area contributed by atoms with Crippen molar-refractivity contribution in [3.63, 3.8) is 0 Å². The van der Waals surface area contributed by atoms with Crippen LogP contribution in [0.25, 0.3) is 0 Å². The standard InChI is InChI=1S/C27H33BrN2O4/c1-3-5-6-17-29-26(32)27(16-4-2)24(20-8-12-22(28)13-9-20)34-25(30-27)21-10-14-23(15-11-21)33-19-7-18-31/h4,8-15,24,31H,2-3,5-7,16-19H2,1H3,(H,29,32)/t24-,27-/m1/s1. The second kappa shape index (κ2) is 12.7. The monoisotopic (exact) mass is 528 g/mol. The minimum Gasteiger partial charge on any atom is -0.494 e. The third-order valence-electron chi connectivity index (χ3n) is 5.72. The summed E-state index contributed by atoms with van der Waals surface area (Å²) in [4.78, 5) is 18.4. The molecular formula is C27H33BrN2O4. The molecule has 34 heavy (non-hydrogen) atoms. The van der Waals surface area contributed by atoms with Crippen molar-refractivity contribution in [3.05, 3.63) is 76.8 Å². The molecule has 0 saturated heterocycles. The second-order valence-electron chi connectivity index (χ2n) is 8.30. The van der Waals surface area contributed by atoms with Crippen LogP contribution in [0.15, 0.2) is 70.7 Å². The molecule has 7 heteroatoms. The van der Waals surface area contributed by atoms with E-state index in [1.165, 1.54) is 0 Å². The fourth-order valence-corrected chi connectivity index (χ4v) is 4.17. The largest absolute Gasteiger partial charge is 0.494 e. The average Bonchev–Trinajstić information content (AvgIpc) is 3.23. The zero-order chi connectivity index (χ0) is 24.4. The van der Waals surface area contributed by atoms with E-state index in [-0.39, 0.29) is 12.5 Å². The van der Waals surface area contributed by atoms with Crippen LogP contribution in [0.2, 0.25) is 0 Å². The van der Waals surface area contributed by atoms with Crippen molar-refractivity contribution in [2.75, 3.05) is 19.8 Å². The Labute approximate surface area is 210 Å². The molecule has 0 unspecified atom stereocenters. The van der Waals surface area contributed by atoms with E-state index in [0.717, 1.165) is 34.9 Å². The van der Waals surface area contributed by atoms with Crippen LogP contribution in [0, 0.1) is 0 Å². The molecule has 2 N–H and O–H groups in total. The highest BCUT2D eigenvalue weighted by molar-refractivity contribution is 9.10. The molecule has 0 fully saturated rings. The summed E-state index contributed by atoms with van der Waals surface area (Å²) in [7, 11) is 0. The number of aliphatic imine (C=N–C) groups is 1. The van der Waals surface area contributed by atoms with E-state index in [9.17, 15) is 4.79 Å². The molecule has 0 spiro atoms. The van der Waals surface area contributed by atoms with Gasteiger partial charge in [-0.05, 0) is 48.4 Å². The molecule has 1 aliphatic heterocycles. The summed E-state index contributed by atoms with van der Waals surface area (Å²) in [6, 6.07) is 15.2. The van der Waals surface area contributed by atoms with E-state index in [0.29, 0.717) is 37.6 Å². The molecule has 2 aromatic carbocycles. The first-order valence-corrected chi connectivity index (χ1v) is 12.6. The SMILES string of the molecule is C=CC[C@@]1(C(=O)NCCCCC)N=C(c2ccc(OCCCO)cc2)O[C@@H]1c1ccc(Br)cc1. The van der Waals surface area contributed by atoms with Gasteiger partial charge in [0.25, 0.3) is 5.91 Å². The second-order valence-corrected chi connectivity index (χ2v) is 9.21. The minimum absolute atomic E-state index is 0.0894. The molecule has 1 amide bonds. The summed E-state index contributed by atoms with van der Waals surface area (Å²) in [6.45, 7) is 7.17. The fourth-order valence-electron chi connectivity index (χ4n) is 3.90. The molecule has 2 atom stereocenters. The molecule has 0 aliphatic carbocycles. The van der Waals surface area contributed by atoms with Gasteiger partial charge >= 0.3 is 0 Å². The summed E-state index contributed by atoms with van der Waals surface area (Å²) in [5.74, 6) is 0.960. The Morgan fingerprint density at radius 1 is 1.21 bits per heavy atom. The maximum Gasteiger partial charge on any atom is 0.252 e. The van der Waals surface area contributed by atoms with E-state index in [1.807, 2.05) is 48.5 Å². The Bertz CT molecular complexity index is 975. The molecule has 1 aliphatic rings. The third-order valence-corrected chi connectivity index (χ3v) is 6.25. The Hall–Kier alpha value is -2.64. The lowest BCUT2D eigenvalue weighted by molar-refractivity contribution is -0.128. The van der Waals surface area contributed by atoms with Gasteiger partial charge in [-0.25, -0.2) is 4.99 Å². The van der Waals surface area contributed by atoms with E-state index in [2.05, 4.69) is 34.7 Å². The normalized spacial score (nSPS) is 19.3. The van der Waals surface area contributed by atoms with Crippen molar-refractivity contribution in [3.8, 4) is 5.75 Å². The smallest absolute Gasteiger partial charge is 0.252 e. The highest BCUT2D eigenvalue weighted by atomic mass is 79.9. The molecule has 2 aromatic rings. The van der Waals surface area contributed by atoms with Crippen LogP contribution < -0.4 is 10.1 Å². The molecule has 0 saturated carbocycles. The highest BCUT2D eigenvalue weighted by Crippen LogP contribution is 2.43. The van der Waals surface area contributed by atoms with Gasteiger partial charge in [0.1, 0.15) is 5.75 Å². The number of carbonyl (C=O) groups is 1. The molecule has 3 rings (SSSR count). The Kier molecular flexibility index (Phi) is 9.72. The number of unbranched alkanes of at least 4 members (excludes halogenated alkanes) is 2. The maximum atomic E-state index is 13.6. The van der Waals surface area contributed by atoms with Crippen molar-refractivity contribution in [2.24, 2.45) is 4.99 Å². The van der Waals surface area contributed by atoms with Gasteiger partial charge < -0.3 is 19.9 Å². The lowest BCUT2D eigenvalue weighted by Gasteiger charge is -2.29. The van der Waals surface area contributed by atoms with Crippen LogP contribution in [0.4, 0.5) is 0 Å². The maximum absolute atomic E-state index is 13.6. The van der Waals surface area contributed by atoms with Crippen molar-refractivity contribution >= 4 is 27.7 Å². The van der Waals surface area contributed by atoms with Crippen molar-refractivity contribution < 1.29 is 19.4 Å². The first-order chi connectivity index (χ1) is 16.5. The minimum atomic E-state index is -1.15. The number of hydrogen-bond donors (Lipinski definition) is 2. The Balaban J connectivity index is 1.92. The van der Waals surface area contributed by atoms with Gasteiger partial charge in [-0.1, -0.05) is 53.9 Å². The summed E-state index contributed by atoms with van der Waals surface area (Å²) in [5.41, 5.74) is 0.491. The number of halogens is 1. The number of amides is 1. The summed E-state index contributed by atoms with van der Waals surface area (Å²) in [6.07, 6.45) is 5.13. The van der Waals surface area contributed by atoms with Gasteiger partial charge in [-0.2, -0.15) is 0 Å². The number of hydrogen-bond acceptors (Lipinski definition) is 5. The number of ether oxygens (including phenoxy) is 2. The van der Waals surface area contributed by atoms with Gasteiger partial charge in [0.15, 0.2) is 11.6 Å². The number of nitrogens with zero attached hydrogens (tertiary/aromatic N) is 1. The number of rotatable bonds is 13. The third kappa shape index (κ3) is 6.27. The van der Waals surface area contributed by atoms with E-state index in [1.54, 1.807) is 6.08 Å². The van der Waals surface area contributed by atoms with Crippen LogP contribution in [-0.4, -0.2) is 42.2 Å². The van der Waals surface area contributed by atoms with Crippen molar-refractivity contribution in [1.82, 2.24) is 5.32 Å². The number of carbonyl (C=O) groups excluding carboxylic acids is 1. The zero-order valence-electron chi connectivity index (χ0n) is 19.6. The molecule has 1 heterocycles. The van der Waals surface area contributed by atoms with Gasteiger partial charge in [-0.3, -0.25) is 4.79 Å². The van der Waals surface area contributed by atoms with Gasteiger partial charge in [0.2, 0.25) is 5.90 Å². The number of aliphatic hydroxyl groups is 1. The molecular weight excluding hydrogens is 496 g/mol. The van der Waals surface area contributed by atoms with Crippen LogP contribution in [0.5, 0.6) is 5.75 Å². The van der Waals surface area contributed by atoms with Crippen LogP contribution in [-0.2, 0) is 9.53 Å². The summed E-state index contributed by atoms with van der Waals surface area (Å²) in [5, 5.41) is 12.0. The van der Waals surface area contributed by atoms with Crippen LogP contribution in [0.3, 0.4) is 0 Å². The van der Waals surface area contributed by atoms with Gasteiger partial charge in [0.05, 0.1) is 6.61 Å². The quantitative estimate of drug-likeness (QED) is 0.271. The lowest BCUT2D eigenvalue weighted by Crippen LogP contribution is -2.48. The lowest BCUT2D eigenvalue weighted by atomic mass is 9.84. The summed E-state index contributed by atoms with van der Waals surface area (Å²) < 4.78 is 13.0. The molecule has 6 nitrogen and oxygen atoms in total. The Morgan fingerprint density at radius 3 is 2.59 bits per heavy atom. The number of nitrogens with one attached hydrogen (secondary N) is 1. The first-order valence-electron chi connectivity index (χ1n) is 11.8. The number of benzene rings is 2. The van der Waals surface area contributed by atoms with E-state index >= 15 is 0 Å². The first kappa shape index (κ1) is 26.0. The van der Waals surface area contributed by atoms with Crippen molar-refractivity contribution in [1.29, 1.82) is 0 Å². The van der Waals surface area contributed by atoms with E-state index < -0.39 is 11.6 Å². The van der Waals surface area contributed by atoms with Crippen molar-refractivity contribution in [2.45, 2.75) is 50.7 Å². The average molecular weight is 529 g/mol. The predicted molar refractivity (Wildman–Crippen MR) is 138 cm³/mol.